The molecule has 0 spiro atoms. The molecule has 0 radical (unpaired) electrons. The first-order valence-corrected chi connectivity index (χ1v) is 3.81. The van der Waals surface area contributed by atoms with E-state index >= 15 is 0 Å². The molecular weight excluding hydrogens is 136 g/mol. The molecular formula is C10H14O. The second-order valence-electron chi connectivity index (χ2n) is 3.09. The molecule has 1 atom stereocenters. The van der Waals surface area contributed by atoms with E-state index in [0.29, 0.717) is 5.92 Å². The van der Waals surface area contributed by atoms with Gasteiger partial charge in [0, 0.05) is 5.92 Å². The summed E-state index contributed by atoms with van der Waals surface area (Å²) in [6.07, 6.45) is 1.77. The summed E-state index contributed by atoms with van der Waals surface area (Å²) < 4.78 is 5.33. The largest absolute Gasteiger partial charge is 0.468 e. The van der Waals surface area contributed by atoms with Crippen molar-refractivity contribution in [1.82, 2.24) is 0 Å². The fourth-order valence-electron chi connectivity index (χ4n) is 0.923. The molecule has 0 N–H and O–H groups in total. The van der Waals surface area contributed by atoms with Gasteiger partial charge in [-0.25, -0.2) is 0 Å². The minimum absolute atomic E-state index is 0.337. The van der Waals surface area contributed by atoms with E-state index < -0.39 is 0 Å². The predicted molar refractivity (Wildman–Crippen MR) is 46.7 cm³/mol. The fourth-order valence-corrected chi connectivity index (χ4v) is 0.923. The molecule has 0 amide bonds. The van der Waals surface area contributed by atoms with Gasteiger partial charge in [-0.05, 0) is 25.5 Å². The Kier molecular flexibility index (Phi) is 2.18. The Hall–Kier alpha value is -0.980. The molecule has 0 aromatic carbocycles. The van der Waals surface area contributed by atoms with Gasteiger partial charge < -0.3 is 4.42 Å². The molecule has 1 nitrogen and oxygen atoms in total. The molecule has 0 saturated carbocycles. The third-order valence-electron chi connectivity index (χ3n) is 1.92. The van der Waals surface area contributed by atoms with Gasteiger partial charge in [-0.2, -0.15) is 0 Å². The first-order valence-electron chi connectivity index (χ1n) is 3.81. The third kappa shape index (κ3) is 1.73. The van der Waals surface area contributed by atoms with Crippen molar-refractivity contribution in [3.63, 3.8) is 0 Å². The number of furan rings is 1. The summed E-state index contributed by atoms with van der Waals surface area (Å²) in [5.74, 6) is 1.35. The van der Waals surface area contributed by atoms with Crippen molar-refractivity contribution in [3.05, 3.63) is 35.8 Å². The van der Waals surface area contributed by atoms with E-state index in [0.717, 1.165) is 11.3 Å². The van der Waals surface area contributed by atoms with Crippen LogP contribution >= 0.6 is 0 Å². The summed E-state index contributed by atoms with van der Waals surface area (Å²) in [5.41, 5.74) is 2.31. The van der Waals surface area contributed by atoms with E-state index in [4.69, 9.17) is 4.42 Å². The van der Waals surface area contributed by atoms with Gasteiger partial charge in [0.25, 0.3) is 0 Å². The zero-order valence-electron chi connectivity index (χ0n) is 7.35. The second-order valence-corrected chi connectivity index (χ2v) is 3.09. The van der Waals surface area contributed by atoms with Crippen LogP contribution in [0.25, 0.3) is 0 Å². The Bertz CT molecular complexity index is 258. The summed E-state index contributed by atoms with van der Waals surface area (Å²) >= 11 is 0. The predicted octanol–water partition coefficient (Wildman–Crippen LogP) is 3.27. The Morgan fingerprint density at radius 3 is 2.64 bits per heavy atom. The highest BCUT2D eigenvalue weighted by molar-refractivity contribution is 5.20. The third-order valence-corrected chi connectivity index (χ3v) is 1.92. The molecule has 0 bridgehead atoms. The molecule has 0 aliphatic rings. The maximum Gasteiger partial charge on any atom is 0.110 e. The second kappa shape index (κ2) is 2.95. The molecule has 1 aromatic rings. The van der Waals surface area contributed by atoms with E-state index in [1.54, 1.807) is 6.26 Å². The molecule has 0 aliphatic heterocycles. The van der Waals surface area contributed by atoms with Crippen LogP contribution in [-0.4, -0.2) is 0 Å². The highest BCUT2D eigenvalue weighted by atomic mass is 16.3. The minimum atomic E-state index is 0.337. The molecule has 1 heteroatoms. The van der Waals surface area contributed by atoms with Gasteiger partial charge in [-0.3, -0.25) is 0 Å². The van der Waals surface area contributed by atoms with Gasteiger partial charge >= 0.3 is 0 Å². The average molecular weight is 150 g/mol. The first kappa shape index (κ1) is 8.12. The summed E-state index contributed by atoms with van der Waals surface area (Å²) in [7, 11) is 0. The SMILES string of the molecule is C=C(C)[C@@H](C)c1cc(C)co1. The highest BCUT2D eigenvalue weighted by Gasteiger charge is 2.08. The first-order chi connectivity index (χ1) is 5.11. The topological polar surface area (TPSA) is 13.1 Å². The van der Waals surface area contributed by atoms with Crippen molar-refractivity contribution < 1.29 is 4.42 Å². The molecule has 0 saturated heterocycles. The van der Waals surface area contributed by atoms with Crippen molar-refractivity contribution in [2.45, 2.75) is 26.7 Å². The van der Waals surface area contributed by atoms with Crippen LogP contribution in [0.15, 0.2) is 28.9 Å². The standard InChI is InChI=1S/C10H14O/c1-7(2)9(4)10-5-8(3)6-11-10/h5-6,9H,1H2,2-4H3/t9-/m1/s1. The number of hydrogen-bond donors (Lipinski definition) is 0. The van der Waals surface area contributed by atoms with E-state index in [2.05, 4.69) is 19.6 Å². The van der Waals surface area contributed by atoms with Crippen LogP contribution in [0.2, 0.25) is 0 Å². The Morgan fingerprint density at radius 1 is 1.64 bits per heavy atom. The summed E-state index contributed by atoms with van der Waals surface area (Å²) in [4.78, 5) is 0. The van der Waals surface area contributed by atoms with Crippen LogP contribution in [0.3, 0.4) is 0 Å². The lowest BCUT2D eigenvalue weighted by Gasteiger charge is -2.05. The molecule has 1 aromatic heterocycles. The summed E-state index contributed by atoms with van der Waals surface area (Å²) in [5, 5.41) is 0. The molecule has 1 heterocycles. The quantitative estimate of drug-likeness (QED) is 0.590. The van der Waals surface area contributed by atoms with Crippen molar-refractivity contribution >= 4 is 0 Å². The van der Waals surface area contributed by atoms with Gasteiger partial charge in [0.15, 0.2) is 0 Å². The van der Waals surface area contributed by atoms with Crippen molar-refractivity contribution in [2.24, 2.45) is 0 Å². The van der Waals surface area contributed by atoms with E-state index in [1.807, 2.05) is 13.8 Å². The summed E-state index contributed by atoms with van der Waals surface area (Å²) in [6, 6.07) is 2.05. The van der Waals surface area contributed by atoms with Gasteiger partial charge in [0.05, 0.1) is 6.26 Å². The van der Waals surface area contributed by atoms with Crippen LogP contribution in [0.4, 0.5) is 0 Å². The number of rotatable bonds is 2. The maximum atomic E-state index is 5.33. The normalized spacial score (nSPS) is 13.0. The highest BCUT2D eigenvalue weighted by Crippen LogP contribution is 2.23. The molecule has 1 rings (SSSR count). The fraction of sp³-hybridized carbons (Fsp3) is 0.400. The van der Waals surface area contributed by atoms with Gasteiger partial charge in [0.1, 0.15) is 5.76 Å². The van der Waals surface area contributed by atoms with Crippen molar-refractivity contribution in [2.75, 3.05) is 0 Å². The lowest BCUT2D eigenvalue weighted by Crippen LogP contribution is -1.90. The van der Waals surface area contributed by atoms with Crippen LogP contribution < -0.4 is 0 Å². The van der Waals surface area contributed by atoms with Crippen molar-refractivity contribution in [3.8, 4) is 0 Å². The number of aryl methyl sites for hydroxylation is 1. The Morgan fingerprint density at radius 2 is 2.27 bits per heavy atom. The number of allylic oxidation sites excluding steroid dienone is 1. The lowest BCUT2D eigenvalue weighted by molar-refractivity contribution is 0.493. The Labute approximate surface area is 67.7 Å². The summed E-state index contributed by atoms with van der Waals surface area (Å²) in [6.45, 7) is 10.0. The minimum Gasteiger partial charge on any atom is -0.468 e. The number of hydrogen-bond acceptors (Lipinski definition) is 1. The molecule has 0 fully saturated rings. The van der Waals surface area contributed by atoms with Gasteiger partial charge in [0.2, 0.25) is 0 Å². The van der Waals surface area contributed by atoms with Crippen LogP contribution in [0.1, 0.15) is 31.1 Å². The van der Waals surface area contributed by atoms with E-state index in [1.165, 1.54) is 5.56 Å². The van der Waals surface area contributed by atoms with E-state index in [-0.39, 0.29) is 0 Å². The monoisotopic (exact) mass is 150 g/mol. The molecule has 60 valence electrons. The van der Waals surface area contributed by atoms with Crippen LogP contribution in [0, 0.1) is 6.92 Å². The van der Waals surface area contributed by atoms with Crippen LogP contribution in [0.5, 0.6) is 0 Å². The average Bonchev–Trinajstić information content (AvgIpc) is 2.34. The molecule has 11 heavy (non-hydrogen) atoms. The molecule has 0 unspecified atom stereocenters. The maximum absolute atomic E-state index is 5.33. The van der Waals surface area contributed by atoms with Crippen molar-refractivity contribution in [1.29, 1.82) is 0 Å². The lowest BCUT2D eigenvalue weighted by atomic mass is 10.0. The zero-order chi connectivity index (χ0) is 8.43. The molecule has 0 aliphatic carbocycles. The van der Waals surface area contributed by atoms with Crippen LogP contribution in [-0.2, 0) is 0 Å². The van der Waals surface area contributed by atoms with E-state index in [9.17, 15) is 0 Å². The zero-order valence-corrected chi connectivity index (χ0v) is 7.35. The Balaban J connectivity index is 2.84. The van der Waals surface area contributed by atoms with Gasteiger partial charge in [-0.15, -0.1) is 0 Å². The van der Waals surface area contributed by atoms with Gasteiger partial charge in [-0.1, -0.05) is 19.1 Å². The smallest absolute Gasteiger partial charge is 0.110 e.